The Morgan fingerprint density at radius 1 is 1.04 bits per heavy atom. The second-order valence-electron chi connectivity index (χ2n) is 13.1. The Morgan fingerprint density at radius 3 is 2.62 bits per heavy atom. The first-order valence-electron chi connectivity index (χ1n) is 16.9. The van der Waals surface area contributed by atoms with Crippen LogP contribution < -0.4 is 15.4 Å². The second kappa shape index (κ2) is 15.2. The van der Waals surface area contributed by atoms with E-state index in [1.807, 2.05) is 41.3 Å². The van der Waals surface area contributed by atoms with Crippen molar-refractivity contribution in [3.8, 4) is 17.0 Å². The molecule has 8 nitrogen and oxygen atoms in total. The van der Waals surface area contributed by atoms with Crippen LogP contribution in [0.1, 0.15) is 48.1 Å². The van der Waals surface area contributed by atoms with Crippen molar-refractivity contribution in [3.05, 3.63) is 110 Å². The van der Waals surface area contributed by atoms with Crippen molar-refractivity contribution in [2.24, 2.45) is 0 Å². The zero-order valence-electron chi connectivity index (χ0n) is 27.6. The molecule has 2 N–H and O–H groups in total. The maximum atomic E-state index is 14.6. The molecule has 0 unspecified atom stereocenters. The van der Waals surface area contributed by atoms with Crippen LogP contribution >= 0.6 is 23.2 Å². The number of rotatable bonds is 13. The van der Waals surface area contributed by atoms with E-state index in [1.54, 1.807) is 7.11 Å². The Hall–Kier alpha value is -3.80. The van der Waals surface area contributed by atoms with Crippen LogP contribution in [-0.2, 0) is 29.1 Å². The predicted octanol–water partition coefficient (Wildman–Crippen LogP) is 7.36. The molecule has 2 fully saturated rings. The summed E-state index contributed by atoms with van der Waals surface area (Å²) in [5, 5.41) is 11.3. The number of carbonyl (C=O) groups is 1. The summed E-state index contributed by atoms with van der Waals surface area (Å²) in [6.45, 7) is 2.65. The Bertz CT molecular complexity index is 1900. The highest BCUT2D eigenvalue weighted by Crippen LogP contribution is 2.38. The highest BCUT2D eigenvalue weighted by Gasteiger charge is 2.41. The van der Waals surface area contributed by atoms with Gasteiger partial charge in [-0.25, -0.2) is 8.78 Å². The minimum absolute atomic E-state index is 0.0135. The van der Waals surface area contributed by atoms with Gasteiger partial charge in [-0.2, -0.15) is 0 Å². The summed E-state index contributed by atoms with van der Waals surface area (Å²) in [6.07, 6.45) is 4.45. The largest absolute Gasteiger partial charge is 0.486 e. The number of halogens is 4. The molecule has 1 amide bonds. The normalized spacial score (nSPS) is 18.7. The zero-order chi connectivity index (χ0) is 34.8. The monoisotopic (exact) mass is 722 g/mol. The first-order valence-corrected chi connectivity index (χ1v) is 17.6. The van der Waals surface area contributed by atoms with Gasteiger partial charge < -0.3 is 29.5 Å². The van der Waals surface area contributed by atoms with Crippen molar-refractivity contribution in [3.63, 3.8) is 0 Å². The van der Waals surface area contributed by atoms with Crippen LogP contribution in [0.5, 0.6) is 5.75 Å². The molecule has 7 rings (SSSR count). The lowest BCUT2D eigenvalue weighted by Gasteiger charge is -2.41. The van der Waals surface area contributed by atoms with Crippen LogP contribution in [-0.4, -0.2) is 60.9 Å². The third-order valence-electron chi connectivity index (χ3n) is 9.49. The van der Waals surface area contributed by atoms with E-state index < -0.39 is 11.6 Å². The Morgan fingerprint density at radius 2 is 1.84 bits per heavy atom. The predicted molar refractivity (Wildman–Crippen MR) is 188 cm³/mol. The molecule has 12 heteroatoms. The van der Waals surface area contributed by atoms with Gasteiger partial charge in [0, 0.05) is 62.1 Å². The van der Waals surface area contributed by atoms with Crippen LogP contribution in [0.15, 0.2) is 70.8 Å². The number of ether oxygens (including phenoxy) is 2. The van der Waals surface area contributed by atoms with Crippen molar-refractivity contribution in [2.45, 2.75) is 63.4 Å². The van der Waals surface area contributed by atoms with Gasteiger partial charge in [0.25, 0.3) is 5.91 Å². The van der Waals surface area contributed by atoms with Gasteiger partial charge in [-0.15, -0.1) is 0 Å². The molecule has 4 aromatic rings. The molecule has 2 bridgehead atoms. The minimum Gasteiger partial charge on any atom is -0.486 e. The molecule has 3 aromatic carbocycles. The van der Waals surface area contributed by atoms with E-state index >= 15 is 0 Å². The van der Waals surface area contributed by atoms with Gasteiger partial charge >= 0.3 is 0 Å². The third-order valence-corrected chi connectivity index (χ3v) is 10.2. The van der Waals surface area contributed by atoms with E-state index in [-0.39, 0.29) is 46.9 Å². The number of methoxy groups -OCH3 is 1. The topological polar surface area (TPSA) is 88.9 Å². The number of nitrogens with zero attached hydrogens (tertiary/aromatic N) is 2. The average molecular weight is 724 g/mol. The van der Waals surface area contributed by atoms with Crippen LogP contribution in [0, 0.1) is 11.6 Å². The van der Waals surface area contributed by atoms with E-state index in [9.17, 15) is 13.6 Å². The van der Waals surface area contributed by atoms with Crippen LogP contribution in [0.25, 0.3) is 16.8 Å². The molecule has 1 aromatic heterocycles. The fourth-order valence-corrected chi connectivity index (χ4v) is 7.25. The number of nitrogens with one attached hydrogen (secondary N) is 2. The van der Waals surface area contributed by atoms with Gasteiger partial charge in [0.1, 0.15) is 29.7 Å². The van der Waals surface area contributed by atoms with E-state index in [0.29, 0.717) is 42.6 Å². The summed E-state index contributed by atoms with van der Waals surface area (Å²) in [7, 11) is 1.71. The van der Waals surface area contributed by atoms with Gasteiger partial charge in [-0.1, -0.05) is 52.6 Å². The van der Waals surface area contributed by atoms with Crippen molar-refractivity contribution in [1.29, 1.82) is 0 Å². The lowest BCUT2D eigenvalue weighted by Crippen LogP contribution is -2.60. The minimum atomic E-state index is -0.749. The molecule has 262 valence electrons. The van der Waals surface area contributed by atoms with E-state index in [0.717, 1.165) is 66.6 Å². The molecule has 0 spiro atoms. The van der Waals surface area contributed by atoms with Crippen molar-refractivity contribution in [2.75, 3.05) is 26.8 Å². The number of aromatic nitrogens is 1. The number of hydrogen-bond donors (Lipinski definition) is 2. The Balaban J connectivity index is 1.10. The maximum Gasteiger partial charge on any atom is 0.252 e. The fourth-order valence-electron chi connectivity index (χ4n) is 6.82. The average Bonchev–Trinajstić information content (AvgIpc) is 3.86. The maximum absolute atomic E-state index is 14.6. The van der Waals surface area contributed by atoms with Crippen molar-refractivity contribution in [1.82, 2.24) is 20.7 Å². The second-order valence-corrected chi connectivity index (χ2v) is 13.9. The molecule has 3 aliphatic rings. The number of hydrogen-bond acceptors (Lipinski definition) is 7. The van der Waals surface area contributed by atoms with Gasteiger partial charge in [0.15, 0.2) is 5.76 Å². The molecule has 2 aliphatic heterocycles. The summed E-state index contributed by atoms with van der Waals surface area (Å²) in [4.78, 5) is 16.6. The van der Waals surface area contributed by atoms with Crippen LogP contribution in [0.2, 0.25) is 10.0 Å². The first kappa shape index (κ1) is 34.6. The van der Waals surface area contributed by atoms with E-state index in [1.165, 1.54) is 11.6 Å². The number of piperazine rings is 1. The number of carbonyl (C=O) groups excluding carboxylic acids is 1. The molecule has 3 heterocycles. The summed E-state index contributed by atoms with van der Waals surface area (Å²) >= 11 is 12.7. The Labute approximate surface area is 299 Å². The summed E-state index contributed by atoms with van der Waals surface area (Å²) in [5.74, 6) is -0.519. The molecule has 1 saturated carbocycles. The number of amides is 1. The molecule has 1 saturated heterocycles. The Kier molecular flexibility index (Phi) is 10.5. The summed E-state index contributed by atoms with van der Waals surface area (Å²) in [6, 6.07) is 17.5. The molecule has 1 aliphatic carbocycles. The third kappa shape index (κ3) is 7.60. The van der Waals surface area contributed by atoms with Gasteiger partial charge in [-0.05, 0) is 84.7 Å². The number of fused-ring (bicyclic) bond motifs is 2. The van der Waals surface area contributed by atoms with Gasteiger partial charge in [0.2, 0.25) is 0 Å². The lowest BCUT2D eigenvalue weighted by atomic mass is 9.83. The fraction of sp³-hybridized carbons (Fsp3) is 0.368. The molecular weight excluding hydrogens is 685 g/mol. The smallest absolute Gasteiger partial charge is 0.252 e. The highest BCUT2D eigenvalue weighted by molar-refractivity contribution is 6.33. The molecule has 50 heavy (non-hydrogen) atoms. The van der Waals surface area contributed by atoms with Crippen LogP contribution in [0.4, 0.5) is 8.78 Å². The lowest BCUT2D eigenvalue weighted by molar-refractivity contribution is -0.128. The number of aryl methyl sites for hydroxylation is 1. The molecule has 2 atom stereocenters. The SMILES string of the molecule is COCCCc1ccc(Cl)c(CN(C(=O)C2=C(c3ccc(OCc4cc(-c5c(F)ccc(F)c5Cl)no4)cc3)C[C@@H]3CNC[C@@H]2N3)C2CC2)c1. The van der Waals surface area contributed by atoms with Gasteiger partial charge in [0.05, 0.1) is 16.6 Å². The van der Waals surface area contributed by atoms with Crippen molar-refractivity contribution >= 4 is 34.7 Å². The summed E-state index contributed by atoms with van der Waals surface area (Å²) in [5.41, 5.74) is 4.84. The summed E-state index contributed by atoms with van der Waals surface area (Å²) < 4.78 is 44.8. The molecule has 0 radical (unpaired) electrons. The quantitative estimate of drug-likeness (QED) is 0.110. The molecular formula is C38H38Cl2F2N4O4. The van der Waals surface area contributed by atoms with Crippen molar-refractivity contribution < 1.29 is 27.6 Å². The van der Waals surface area contributed by atoms with Crippen LogP contribution in [0.3, 0.4) is 0 Å². The number of benzene rings is 3. The first-order chi connectivity index (χ1) is 24.3. The zero-order valence-corrected chi connectivity index (χ0v) is 29.1. The van der Waals surface area contributed by atoms with Gasteiger partial charge in [-0.3, -0.25) is 4.79 Å². The standard InChI is InChI=1S/C38H38Cl2F2N4O4/c1-48-14-2-3-22-4-11-30(39)24(15-22)20-46(26-7-8-26)38(47)35-29(16-25-18-43-19-34(35)44-25)23-5-9-27(10-6-23)49-21-28-17-33(45-50-28)36-31(41)12-13-32(42)37(36)40/h4-6,9-13,15,17,25-26,34,43-44H,2-3,7-8,14,16,18-21H2,1H3/t25-,34+/m1/s1. The van der Waals surface area contributed by atoms with E-state index in [4.69, 9.17) is 37.2 Å². The van der Waals surface area contributed by atoms with E-state index in [2.05, 4.69) is 21.9 Å². The highest BCUT2D eigenvalue weighted by atomic mass is 35.5.